The summed E-state index contributed by atoms with van der Waals surface area (Å²) in [5, 5.41) is 18.0. The highest BCUT2D eigenvalue weighted by molar-refractivity contribution is 7.99. The van der Waals surface area contributed by atoms with Crippen LogP contribution < -0.4 is 0 Å². The molecule has 3 heteroatoms. The Kier molecular flexibility index (Phi) is 5.37. The van der Waals surface area contributed by atoms with Gasteiger partial charge in [0.05, 0.1) is 12.2 Å². The van der Waals surface area contributed by atoms with Crippen molar-refractivity contribution in [3.05, 3.63) is 29.3 Å². The highest BCUT2D eigenvalue weighted by Crippen LogP contribution is 2.25. The first-order chi connectivity index (χ1) is 7.67. The summed E-state index contributed by atoms with van der Waals surface area (Å²) in [6, 6.07) is 7.74. The number of nitriles is 1. The number of aliphatic hydroxyl groups excluding tert-OH is 1. The van der Waals surface area contributed by atoms with Crippen molar-refractivity contribution in [1.29, 1.82) is 5.26 Å². The average molecular weight is 235 g/mol. The zero-order valence-electron chi connectivity index (χ0n) is 9.73. The molecule has 86 valence electrons. The minimum Gasteiger partial charge on any atom is -0.392 e. The van der Waals surface area contributed by atoms with Crippen molar-refractivity contribution in [1.82, 2.24) is 0 Å². The van der Waals surface area contributed by atoms with E-state index in [2.05, 4.69) is 19.9 Å². The maximum absolute atomic E-state index is 9.00. The molecule has 0 bridgehead atoms. The van der Waals surface area contributed by atoms with Crippen molar-refractivity contribution in [3.63, 3.8) is 0 Å². The minimum atomic E-state index is -0.00831. The van der Waals surface area contributed by atoms with Gasteiger partial charge in [0.1, 0.15) is 6.07 Å². The number of nitrogens with zero attached hydrogens (tertiary/aromatic N) is 1. The van der Waals surface area contributed by atoms with Crippen molar-refractivity contribution in [3.8, 4) is 6.07 Å². The summed E-state index contributed by atoms with van der Waals surface area (Å²) < 4.78 is 0. The fourth-order valence-corrected chi connectivity index (χ4v) is 2.53. The number of rotatable bonds is 5. The molecule has 0 saturated heterocycles. The van der Waals surface area contributed by atoms with Crippen LogP contribution in [-0.4, -0.2) is 10.9 Å². The SMILES string of the molecule is CC(C)CCSc1ccc(CO)cc1C#N. The summed E-state index contributed by atoms with van der Waals surface area (Å²) >= 11 is 1.72. The number of hydrogen-bond acceptors (Lipinski definition) is 3. The summed E-state index contributed by atoms with van der Waals surface area (Å²) in [6.07, 6.45) is 1.15. The lowest BCUT2D eigenvalue weighted by molar-refractivity contribution is 0.281. The molecule has 0 aliphatic rings. The first kappa shape index (κ1) is 13.1. The van der Waals surface area contributed by atoms with Crippen LogP contribution in [0.4, 0.5) is 0 Å². The Labute approximate surface area is 101 Å². The summed E-state index contributed by atoms with van der Waals surface area (Å²) in [6.45, 7) is 4.38. The maximum atomic E-state index is 9.00. The molecule has 0 fully saturated rings. The zero-order chi connectivity index (χ0) is 12.0. The van der Waals surface area contributed by atoms with E-state index < -0.39 is 0 Å². The van der Waals surface area contributed by atoms with Crippen LogP contribution in [0, 0.1) is 17.2 Å². The van der Waals surface area contributed by atoms with Crippen molar-refractivity contribution >= 4 is 11.8 Å². The van der Waals surface area contributed by atoms with Gasteiger partial charge in [0.15, 0.2) is 0 Å². The van der Waals surface area contributed by atoms with E-state index in [1.54, 1.807) is 17.8 Å². The number of hydrogen-bond donors (Lipinski definition) is 1. The average Bonchev–Trinajstić information content (AvgIpc) is 2.29. The molecule has 0 heterocycles. The second-order valence-corrected chi connectivity index (χ2v) is 5.27. The predicted molar refractivity (Wildman–Crippen MR) is 67.3 cm³/mol. The van der Waals surface area contributed by atoms with E-state index in [9.17, 15) is 0 Å². The Morgan fingerprint density at radius 3 is 2.75 bits per heavy atom. The first-order valence-corrected chi connectivity index (χ1v) is 6.42. The van der Waals surface area contributed by atoms with Crippen LogP contribution in [0.5, 0.6) is 0 Å². The monoisotopic (exact) mass is 235 g/mol. The molecule has 0 saturated carbocycles. The molecule has 1 aromatic carbocycles. The topological polar surface area (TPSA) is 44.0 Å². The highest BCUT2D eigenvalue weighted by Gasteiger charge is 2.04. The third kappa shape index (κ3) is 3.88. The molecule has 0 aliphatic carbocycles. The molecular weight excluding hydrogens is 218 g/mol. The van der Waals surface area contributed by atoms with Gasteiger partial charge in [-0.2, -0.15) is 5.26 Å². The largest absolute Gasteiger partial charge is 0.392 e. The van der Waals surface area contributed by atoms with E-state index in [0.717, 1.165) is 22.6 Å². The van der Waals surface area contributed by atoms with Gasteiger partial charge in [0.25, 0.3) is 0 Å². The van der Waals surface area contributed by atoms with E-state index in [1.165, 1.54) is 0 Å². The van der Waals surface area contributed by atoms with Gasteiger partial charge in [-0.3, -0.25) is 0 Å². The van der Waals surface area contributed by atoms with E-state index in [4.69, 9.17) is 10.4 Å². The Balaban J connectivity index is 2.69. The Bertz CT molecular complexity index is 382. The molecule has 0 aromatic heterocycles. The van der Waals surface area contributed by atoms with Gasteiger partial charge < -0.3 is 5.11 Å². The summed E-state index contributed by atoms with van der Waals surface area (Å²) in [5.41, 5.74) is 1.46. The molecule has 0 unspecified atom stereocenters. The van der Waals surface area contributed by atoms with Crippen LogP contribution in [-0.2, 0) is 6.61 Å². The van der Waals surface area contributed by atoms with E-state index in [1.807, 2.05) is 12.1 Å². The molecular formula is C13H17NOS. The van der Waals surface area contributed by atoms with Crippen LogP contribution >= 0.6 is 11.8 Å². The summed E-state index contributed by atoms with van der Waals surface area (Å²) in [4.78, 5) is 1.01. The summed E-state index contributed by atoms with van der Waals surface area (Å²) in [7, 11) is 0. The Hall–Kier alpha value is -0.980. The molecule has 0 amide bonds. The number of benzene rings is 1. The standard InChI is InChI=1S/C13H17NOS/c1-10(2)5-6-16-13-4-3-11(9-15)7-12(13)8-14/h3-4,7,10,15H,5-6,9H2,1-2H3. The number of aliphatic hydroxyl groups is 1. The molecule has 0 aliphatic heterocycles. The van der Waals surface area contributed by atoms with Gasteiger partial charge in [0.2, 0.25) is 0 Å². The van der Waals surface area contributed by atoms with Crippen LogP contribution in [0.2, 0.25) is 0 Å². The molecule has 16 heavy (non-hydrogen) atoms. The van der Waals surface area contributed by atoms with Gasteiger partial charge in [-0.15, -0.1) is 11.8 Å². The van der Waals surface area contributed by atoms with Crippen molar-refractivity contribution in [2.45, 2.75) is 31.8 Å². The van der Waals surface area contributed by atoms with Crippen molar-refractivity contribution < 1.29 is 5.11 Å². The van der Waals surface area contributed by atoms with Crippen LogP contribution in [0.15, 0.2) is 23.1 Å². The highest BCUT2D eigenvalue weighted by atomic mass is 32.2. The molecule has 2 nitrogen and oxygen atoms in total. The molecule has 1 rings (SSSR count). The Morgan fingerprint density at radius 2 is 2.19 bits per heavy atom. The molecule has 0 radical (unpaired) electrons. The fourth-order valence-electron chi connectivity index (χ4n) is 1.29. The lowest BCUT2D eigenvalue weighted by Gasteiger charge is -2.07. The van der Waals surface area contributed by atoms with E-state index in [-0.39, 0.29) is 6.61 Å². The molecule has 1 N–H and O–H groups in total. The van der Waals surface area contributed by atoms with Crippen LogP contribution in [0.1, 0.15) is 31.4 Å². The Morgan fingerprint density at radius 1 is 1.44 bits per heavy atom. The van der Waals surface area contributed by atoms with Crippen LogP contribution in [0.25, 0.3) is 0 Å². The lowest BCUT2D eigenvalue weighted by atomic mass is 10.1. The maximum Gasteiger partial charge on any atom is 0.100 e. The summed E-state index contributed by atoms with van der Waals surface area (Å²) in [5.74, 6) is 1.72. The third-order valence-electron chi connectivity index (χ3n) is 2.30. The van der Waals surface area contributed by atoms with Gasteiger partial charge in [0, 0.05) is 4.90 Å². The van der Waals surface area contributed by atoms with E-state index >= 15 is 0 Å². The minimum absolute atomic E-state index is 0.00831. The number of thioether (sulfide) groups is 1. The molecule has 0 atom stereocenters. The van der Waals surface area contributed by atoms with Gasteiger partial charge >= 0.3 is 0 Å². The lowest BCUT2D eigenvalue weighted by Crippen LogP contribution is -1.92. The second kappa shape index (κ2) is 6.57. The van der Waals surface area contributed by atoms with Gasteiger partial charge in [-0.05, 0) is 35.8 Å². The van der Waals surface area contributed by atoms with Gasteiger partial charge in [-0.25, -0.2) is 0 Å². The van der Waals surface area contributed by atoms with Crippen LogP contribution in [0.3, 0.4) is 0 Å². The zero-order valence-corrected chi connectivity index (χ0v) is 10.5. The first-order valence-electron chi connectivity index (χ1n) is 5.44. The second-order valence-electron chi connectivity index (χ2n) is 4.13. The van der Waals surface area contributed by atoms with E-state index in [0.29, 0.717) is 11.5 Å². The quantitative estimate of drug-likeness (QED) is 0.797. The third-order valence-corrected chi connectivity index (χ3v) is 3.41. The van der Waals surface area contributed by atoms with Crippen molar-refractivity contribution in [2.24, 2.45) is 5.92 Å². The predicted octanol–water partition coefficient (Wildman–Crippen LogP) is 3.19. The normalized spacial score (nSPS) is 10.4. The smallest absolute Gasteiger partial charge is 0.100 e. The van der Waals surface area contributed by atoms with Crippen molar-refractivity contribution in [2.75, 3.05) is 5.75 Å². The van der Waals surface area contributed by atoms with Gasteiger partial charge in [-0.1, -0.05) is 19.9 Å². The molecule has 0 spiro atoms. The molecule has 1 aromatic rings. The fraction of sp³-hybridized carbons (Fsp3) is 0.462.